The number of H-pyrrole nitrogens is 2. The summed E-state index contributed by atoms with van der Waals surface area (Å²) < 4.78 is 0. The molecule has 2 heterocycles. The van der Waals surface area contributed by atoms with Crippen molar-refractivity contribution in [3.05, 3.63) is 54.2 Å². The molecule has 180 valence electrons. The molecule has 12 heteroatoms. The van der Waals surface area contributed by atoms with Gasteiger partial charge >= 0.3 is 5.97 Å². The lowest BCUT2D eigenvalue weighted by atomic mass is 10.0. The smallest absolute Gasteiger partial charge is 0.326 e. The van der Waals surface area contributed by atoms with Gasteiger partial charge in [-0.3, -0.25) is 14.4 Å². The molecule has 1 aromatic carbocycles. The van der Waals surface area contributed by atoms with E-state index in [1.165, 1.54) is 19.4 Å². The molecule has 3 amide bonds. The van der Waals surface area contributed by atoms with Crippen LogP contribution in [0.25, 0.3) is 10.9 Å². The first-order valence-electron chi connectivity index (χ1n) is 10.6. The van der Waals surface area contributed by atoms with Crippen molar-refractivity contribution in [1.82, 2.24) is 30.9 Å². The Bertz CT molecular complexity index is 1160. The Morgan fingerprint density at radius 2 is 1.76 bits per heavy atom. The largest absolute Gasteiger partial charge is 0.480 e. The van der Waals surface area contributed by atoms with Crippen LogP contribution in [0.1, 0.15) is 18.2 Å². The van der Waals surface area contributed by atoms with E-state index in [-0.39, 0.29) is 19.4 Å². The van der Waals surface area contributed by atoms with Gasteiger partial charge in [-0.2, -0.15) is 0 Å². The van der Waals surface area contributed by atoms with Gasteiger partial charge < -0.3 is 36.8 Å². The summed E-state index contributed by atoms with van der Waals surface area (Å²) in [5.41, 5.74) is 7.40. The lowest BCUT2D eigenvalue weighted by molar-refractivity contribution is -0.142. The van der Waals surface area contributed by atoms with Crippen molar-refractivity contribution in [2.24, 2.45) is 5.73 Å². The van der Waals surface area contributed by atoms with E-state index in [9.17, 15) is 24.3 Å². The zero-order valence-electron chi connectivity index (χ0n) is 18.5. The number of nitrogens with one attached hydrogen (secondary N) is 5. The molecule has 3 atom stereocenters. The minimum absolute atomic E-state index is 0.0363. The predicted octanol–water partition coefficient (Wildman–Crippen LogP) is -0.806. The van der Waals surface area contributed by atoms with Gasteiger partial charge in [0.15, 0.2) is 0 Å². The summed E-state index contributed by atoms with van der Waals surface area (Å²) in [6.07, 6.45) is 4.70. The fraction of sp³-hybridized carbons (Fsp3) is 0.318. The van der Waals surface area contributed by atoms with Crippen molar-refractivity contribution >= 4 is 34.6 Å². The highest BCUT2D eigenvalue weighted by Crippen LogP contribution is 2.19. The number of imidazole rings is 1. The lowest BCUT2D eigenvalue weighted by Crippen LogP contribution is -2.56. The minimum Gasteiger partial charge on any atom is -0.480 e. The van der Waals surface area contributed by atoms with E-state index in [2.05, 4.69) is 30.9 Å². The Balaban J connectivity index is 1.74. The number of nitrogens with zero attached hydrogens (tertiary/aromatic N) is 1. The van der Waals surface area contributed by atoms with Crippen LogP contribution in [0.3, 0.4) is 0 Å². The summed E-state index contributed by atoms with van der Waals surface area (Å²) in [7, 11) is 0. The van der Waals surface area contributed by atoms with Gasteiger partial charge in [0.05, 0.1) is 12.9 Å². The summed E-state index contributed by atoms with van der Waals surface area (Å²) in [6, 6.07) is 4.13. The molecule has 34 heavy (non-hydrogen) atoms. The van der Waals surface area contributed by atoms with Crippen LogP contribution in [0, 0.1) is 0 Å². The molecule has 0 aliphatic rings. The van der Waals surface area contributed by atoms with E-state index in [0.29, 0.717) is 5.69 Å². The molecule has 8 N–H and O–H groups in total. The molecule has 3 aromatic rings. The molecular weight excluding hydrogens is 442 g/mol. The third-order valence-electron chi connectivity index (χ3n) is 5.28. The number of aromatic nitrogens is 3. The molecule has 0 spiro atoms. The molecule has 0 radical (unpaired) electrons. The molecule has 2 aromatic heterocycles. The number of carbonyl (C=O) groups is 4. The van der Waals surface area contributed by atoms with Crippen molar-refractivity contribution in [2.75, 3.05) is 6.54 Å². The van der Waals surface area contributed by atoms with Crippen molar-refractivity contribution < 1.29 is 24.3 Å². The van der Waals surface area contributed by atoms with Gasteiger partial charge in [0.1, 0.15) is 18.1 Å². The van der Waals surface area contributed by atoms with E-state index in [4.69, 9.17) is 5.73 Å². The highest BCUT2D eigenvalue weighted by atomic mass is 16.4. The number of hydrogen-bond donors (Lipinski definition) is 7. The van der Waals surface area contributed by atoms with Gasteiger partial charge in [-0.25, -0.2) is 9.78 Å². The second-order valence-electron chi connectivity index (χ2n) is 7.80. The number of para-hydroxylation sites is 1. The number of aromatic amines is 2. The quantitative estimate of drug-likeness (QED) is 0.191. The van der Waals surface area contributed by atoms with Gasteiger partial charge in [-0.15, -0.1) is 0 Å². The maximum absolute atomic E-state index is 13.1. The van der Waals surface area contributed by atoms with E-state index >= 15 is 0 Å². The number of carboxylic acid groups (broad SMARTS) is 1. The Labute approximate surface area is 194 Å². The fourth-order valence-electron chi connectivity index (χ4n) is 3.48. The van der Waals surface area contributed by atoms with Crippen molar-refractivity contribution in [3.8, 4) is 0 Å². The predicted molar refractivity (Wildman–Crippen MR) is 122 cm³/mol. The Kier molecular flexibility index (Phi) is 7.98. The second-order valence-corrected chi connectivity index (χ2v) is 7.80. The SMILES string of the molecule is CC(NC(=O)CN)C(=O)NC(Cc1cnc[nH]1)C(=O)NC(Cc1c[nH]c2ccccc12)C(=O)O. The zero-order valence-corrected chi connectivity index (χ0v) is 18.5. The van der Waals surface area contributed by atoms with Crippen LogP contribution in [-0.4, -0.2) is 68.4 Å². The van der Waals surface area contributed by atoms with E-state index in [1.807, 2.05) is 24.3 Å². The lowest BCUT2D eigenvalue weighted by Gasteiger charge is -2.23. The topological polar surface area (TPSA) is 195 Å². The molecule has 0 saturated heterocycles. The first-order valence-corrected chi connectivity index (χ1v) is 10.6. The minimum atomic E-state index is -1.23. The first kappa shape index (κ1) is 24.5. The monoisotopic (exact) mass is 469 g/mol. The third kappa shape index (κ3) is 6.19. The summed E-state index contributed by atoms with van der Waals surface area (Å²) in [6.45, 7) is 1.16. The van der Waals surface area contributed by atoms with Crippen molar-refractivity contribution in [1.29, 1.82) is 0 Å². The number of carbonyl (C=O) groups excluding carboxylic acids is 3. The molecular formula is C22H27N7O5. The standard InChI is InChI=1S/C22H27N7O5/c1-12(27-19(30)8-23)20(31)28-17(7-14-10-24-11-26-14)21(32)29-18(22(33)34)6-13-9-25-16-5-3-2-4-15(13)16/h2-5,9-12,17-18,25H,6-8,23H2,1H3,(H,24,26)(H,27,30)(H,28,31)(H,29,32)(H,33,34). The van der Waals surface area contributed by atoms with E-state index < -0.39 is 41.8 Å². The van der Waals surface area contributed by atoms with Gasteiger partial charge in [-0.1, -0.05) is 18.2 Å². The van der Waals surface area contributed by atoms with Crippen LogP contribution in [0.5, 0.6) is 0 Å². The number of rotatable bonds is 11. The summed E-state index contributed by atoms with van der Waals surface area (Å²) in [5, 5.41) is 18.1. The maximum Gasteiger partial charge on any atom is 0.326 e. The average molecular weight is 470 g/mol. The summed E-state index contributed by atoms with van der Waals surface area (Å²) in [4.78, 5) is 58.9. The molecule has 0 aliphatic carbocycles. The Morgan fingerprint density at radius 3 is 2.44 bits per heavy atom. The normalized spacial score (nSPS) is 13.6. The van der Waals surface area contributed by atoms with Crippen LogP contribution in [-0.2, 0) is 32.0 Å². The first-order chi connectivity index (χ1) is 16.3. The number of hydrogen-bond acceptors (Lipinski definition) is 6. The van der Waals surface area contributed by atoms with Gasteiger partial charge in [0.25, 0.3) is 0 Å². The second kappa shape index (κ2) is 11.1. The molecule has 0 bridgehead atoms. The van der Waals surface area contributed by atoms with Crippen LogP contribution < -0.4 is 21.7 Å². The number of aliphatic carboxylic acids is 1. The Hall–Kier alpha value is -4.19. The van der Waals surface area contributed by atoms with Crippen LogP contribution in [0.15, 0.2) is 43.0 Å². The van der Waals surface area contributed by atoms with Gasteiger partial charge in [0.2, 0.25) is 17.7 Å². The molecule has 3 unspecified atom stereocenters. The molecule has 3 rings (SSSR count). The number of amides is 3. The highest BCUT2D eigenvalue weighted by molar-refractivity contribution is 5.94. The van der Waals surface area contributed by atoms with Crippen LogP contribution in [0.2, 0.25) is 0 Å². The molecule has 0 saturated carbocycles. The molecule has 0 fully saturated rings. The van der Waals surface area contributed by atoms with Gasteiger partial charge in [0, 0.05) is 41.8 Å². The van der Waals surface area contributed by atoms with E-state index in [0.717, 1.165) is 16.5 Å². The number of nitrogens with two attached hydrogens (primary N) is 1. The number of carboxylic acids is 1. The third-order valence-corrected chi connectivity index (χ3v) is 5.28. The zero-order chi connectivity index (χ0) is 24.7. The van der Waals surface area contributed by atoms with Crippen LogP contribution in [0.4, 0.5) is 0 Å². The maximum atomic E-state index is 13.1. The van der Waals surface area contributed by atoms with Crippen molar-refractivity contribution in [2.45, 2.75) is 37.9 Å². The van der Waals surface area contributed by atoms with Crippen LogP contribution >= 0.6 is 0 Å². The molecule has 0 aliphatic heterocycles. The Morgan fingerprint density at radius 1 is 1.03 bits per heavy atom. The summed E-state index contributed by atoms with van der Waals surface area (Å²) in [5.74, 6) is -3.05. The average Bonchev–Trinajstić information content (AvgIpc) is 3.48. The summed E-state index contributed by atoms with van der Waals surface area (Å²) >= 11 is 0. The van der Waals surface area contributed by atoms with Gasteiger partial charge in [-0.05, 0) is 18.6 Å². The van der Waals surface area contributed by atoms with E-state index in [1.54, 1.807) is 6.20 Å². The molecule has 12 nitrogen and oxygen atoms in total. The number of fused-ring (bicyclic) bond motifs is 1. The van der Waals surface area contributed by atoms with Crippen molar-refractivity contribution in [3.63, 3.8) is 0 Å². The number of benzene rings is 1. The fourth-order valence-corrected chi connectivity index (χ4v) is 3.48. The highest BCUT2D eigenvalue weighted by Gasteiger charge is 2.29.